The number of thioether (sulfide) groups is 1. The molecule has 20 heavy (non-hydrogen) atoms. The van der Waals surface area contributed by atoms with E-state index >= 15 is 0 Å². The maximum absolute atomic E-state index is 12.9. The zero-order chi connectivity index (χ0) is 15.0. The molecule has 0 aromatic carbocycles. The molecule has 0 bridgehead atoms. The zero-order valence-electron chi connectivity index (χ0n) is 12.4. The molecule has 1 amide bonds. The molecule has 0 saturated carbocycles. The fraction of sp³-hybridized carbons (Fsp3) is 0.923. The normalized spacial score (nSPS) is 26.2. The Hall–Kier alpha value is -0.270. The number of carbonyl (C=O) groups excluding carboxylic acids is 1. The Morgan fingerprint density at radius 3 is 2.35 bits per heavy atom. The van der Waals surface area contributed by atoms with Gasteiger partial charge in [0.25, 0.3) is 0 Å². The van der Waals surface area contributed by atoms with Crippen LogP contribution in [-0.4, -0.2) is 66.9 Å². The van der Waals surface area contributed by atoms with E-state index in [1.807, 2.05) is 11.8 Å². The van der Waals surface area contributed by atoms with E-state index in [4.69, 9.17) is 0 Å². The Labute approximate surface area is 125 Å². The van der Waals surface area contributed by atoms with E-state index in [1.54, 1.807) is 4.90 Å². The third kappa shape index (κ3) is 2.99. The lowest BCUT2D eigenvalue weighted by Crippen LogP contribution is -2.60. The van der Waals surface area contributed by atoms with Crippen molar-refractivity contribution in [2.75, 3.05) is 38.2 Å². The second kappa shape index (κ2) is 5.50. The zero-order valence-corrected chi connectivity index (χ0v) is 14.1. The summed E-state index contributed by atoms with van der Waals surface area (Å²) in [6, 6.07) is 0. The first-order chi connectivity index (χ1) is 9.18. The third-order valence-corrected chi connectivity index (χ3v) is 7.52. The molecule has 2 aliphatic heterocycles. The largest absolute Gasteiger partial charge is 0.339 e. The smallest absolute Gasteiger partial charge is 0.244 e. The monoisotopic (exact) mass is 320 g/mol. The van der Waals surface area contributed by atoms with Crippen LogP contribution in [0.4, 0.5) is 0 Å². The van der Waals surface area contributed by atoms with Crippen molar-refractivity contribution in [3.8, 4) is 0 Å². The first-order valence-electron chi connectivity index (χ1n) is 7.02. The van der Waals surface area contributed by atoms with E-state index in [0.717, 1.165) is 5.75 Å². The maximum atomic E-state index is 12.9. The van der Waals surface area contributed by atoms with Crippen LogP contribution in [0.3, 0.4) is 0 Å². The van der Waals surface area contributed by atoms with Crippen molar-refractivity contribution in [1.29, 1.82) is 0 Å². The van der Waals surface area contributed by atoms with E-state index in [9.17, 15) is 13.2 Å². The average molecular weight is 320 g/mol. The fourth-order valence-electron chi connectivity index (χ4n) is 3.05. The Morgan fingerprint density at radius 1 is 1.25 bits per heavy atom. The summed E-state index contributed by atoms with van der Waals surface area (Å²) in [7, 11) is -3.41. The highest BCUT2D eigenvalue weighted by Gasteiger charge is 2.51. The molecule has 0 aliphatic carbocycles. The van der Waals surface area contributed by atoms with E-state index < -0.39 is 14.6 Å². The summed E-state index contributed by atoms with van der Waals surface area (Å²) in [6.45, 7) is 6.66. The van der Waals surface area contributed by atoms with Crippen LogP contribution in [0.15, 0.2) is 0 Å². The van der Waals surface area contributed by atoms with Gasteiger partial charge < -0.3 is 10.2 Å². The van der Waals surface area contributed by atoms with Gasteiger partial charge in [-0.2, -0.15) is 11.8 Å². The van der Waals surface area contributed by atoms with Gasteiger partial charge in [0.2, 0.25) is 5.91 Å². The molecule has 0 atom stereocenters. The fourth-order valence-corrected chi connectivity index (χ4v) is 5.56. The topological polar surface area (TPSA) is 66.5 Å². The van der Waals surface area contributed by atoms with Gasteiger partial charge in [0.15, 0.2) is 14.6 Å². The highest BCUT2D eigenvalue weighted by Crippen LogP contribution is 2.35. The van der Waals surface area contributed by atoms with Crippen LogP contribution in [0.25, 0.3) is 0 Å². The van der Waals surface area contributed by atoms with Crippen molar-refractivity contribution in [2.45, 2.75) is 36.2 Å². The minimum absolute atomic E-state index is 0.000476. The van der Waals surface area contributed by atoms with Crippen molar-refractivity contribution in [2.24, 2.45) is 0 Å². The van der Waals surface area contributed by atoms with Gasteiger partial charge in [0, 0.05) is 29.8 Å². The molecule has 5 nitrogen and oxygen atoms in total. The Kier molecular flexibility index (Phi) is 4.43. The van der Waals surface area contributed by atoms with Crippen LogP contribution >= 0.6 is 11.8 Å². The van der Waals surface area contributed by atoms with Crippen LogP contribution < -0.4 is 5.32 Å². The lowest BCUT2D eigenvalue weighted by Gasteiger charge is -2.43. The summed E-state index contributed by atoms with van der Waals surface area (Å²) in [5.74, 6) is 0.687. The number of hydrogen-bond donors (Lipinski definition) is 1. The molecule has 7 heteroatoms. The van der Waals surface area contributed by atoms with Crippen molar-refractivity contribution < 1.29 is 13.2 Å². The molecule has 0 aromatic rings. The van der Waals surface area contributed by atoms with E-state index in [0.29, 0.717) is 39.0 Å². The lowest BCUT2D eigenvalue weighted by atomic mass is 9.94. The Balaban J connectivity index is 2.28. The summed E-state index contributed by atoms with van der Waals surface area (Å²) in [6.07, 6.45) is 1.98. The molecule has 0 aromatic heterocycles. The highest BCUT2D eigenvalue weighted by molar-refractivity contribution is 8.00. The van der Waals surface area contributed by atoms with Crippen molar-refractivity contribution >= 4 is 27.5 Å². The molecular formula is C13H24N2O3S2. The minimum Gasteiger partial charge on any atom is -0.339 e. The molecular weight excluding hydrogens is 296 g/mol. The SMILES string of the molecule is CC1(C)CN(C(=O)C2(S(C)(=O)=O)CCNCC2)CCS1. The van der Waals surface area contributed by atoms with Gasteiger partial charge in [-0.15, -0.1) is 0 Å². The molecule has 2 heterocycles. The molecule has 2 aliphatic rings. The van der Waals surface area contributed by atoms with Crippen molar-refractivity contribution in [1.82, 2.24) is 10.2 Å². The summed E-state index contributed by atoms with van der Waals surface area (Å²) in [4.78, 5) is 14.7. The van der Waals surface area contributed by atoms with Gasteiger partial charge >= 0.3 is 0 Å². The van der Waals surface area contributed by atoms with Gasteiger partial charge in [-0.1, -0.05) is 0 Å². The van der Waals surface area contributed by atoms with Crippen LogP contribution in [0.1, 0.15) is 26.7 Å². The molecule has 2 rings (SSSR count). The van der Waals surface area contributed by atoms with Crippen LogP contribution in [-0.2, 0) is 14.6 Å². The van der Waals surface area contributed by atoms with Crippen molar-refractivity contribution in [3.63, 3.8) is 0 Å². The number of amides is 1. The average Bonchev–Trinajstić information content (AvgIpc) is 2.36. The van der Waals surface area contributed by atoms with Gasteiger partial charge in [-0.3, -0.25) is 4.79 Å². The predicted octanol–water partition coefficient (Wildman–Crippen LogP) is 0.507. The quantitative estimate of drug-likeness (QED) is 0.803. The second-order valence-electron chi connectivity index (χ2n) is 6.35. The lowest BCUT2D eigenvalue weighted by molar-refractivity contribution is -0.135. The van der Waals surface area contributed by atoms with Gasteiger partial charge in [-0.05, 0) is 39.8 Å². The summed E-state index contributed by atoms with van der Waals surface area (Å²) in [5, 5.41) is 3.15. The number of nitrogens with zero attached hydrogens (tertiary/aromatic N) is 1. The number of rotatable bonds is 2. The Morgan fingerprint density at radius 2 is 1.85 bits per heavy atom. The molecule has 1 N–H and O–H groups in total. The van der Waals surface area contributed by atoms with Crippen LogP contribution in [0.5, 0.6) is 0 Å². The number of carbonyl (C=O) groups is 1. The number of piperidine rings is 1. The first-order valence-corrected chi connectivity index (χ1v) is 9.89. The highest BCUT2D eigenvalue weighted by atomic mass is 32.2. The van der Waals surface area contributed by atoms with E-state index in [2.05, 4.69) is 19.2 Å². The Bertz CT molecular complexity index is 482. The second-order valence-corrected chi connectivity index (χ2v) is 10.5. The predicted molar refractivity (Wildman–Crippen MR) is 82.8 cm³/mol. The number of sulfone groups is 1. The van der Waals surface area contributed by atoms with Crippen LogP contribution in [0.2, 0.25) is 0 Å². The summed E-state index contributed by atoms with van der Waals surface area (Å²) >= 11 is 1.84. The number of hydrogen-bond acceptors (Lipinski definition) is 5. The molecule has 0 unspecified atom stereocenters. The number of nitrogens with one attached hydrogen (secondary N) is 1. The molecule has 2 fully saturated rings. The summed E-state index contributed by atoms with van der Waals surface area (Å²) < 4.78 is 23.3. The van der Waals surface area contributed by atoms with Crippen LogP contribution in [0, 0.1) is 0 Å². The van der Waals surface area contributed by atoms with E-state index in [-0.39, 0.29) is 10.7 Å². The van der Waals surface area contributed by atoms with Gasteiger partial charge in [0.1, 0.15) is 0 Å². The standard InChI is InChI=1S/C13H24N2O3S2/c1-12(2)10-15(8-9-19-12)11(16)13(20(3,17)18)4-6-14-7-5-13/h14H,4-10H2,1-3H3. The van der Waals surface area contributed by atoms with Gasteiger partial charge in [-0.25, -0.2) is 8.42 Å². The molecule has 0 spiro atoms. The maximum Gasteiger partial charge on any atom is 0.244 e. The minimum atomic E-state index is -3.41. The molecule has 116 valence electrons. The molecule has 2 saturated heterocycles. The van der Waals surface area contributed by atoms with E-state index in [1.165, 1.54) is 6.26 Å². The van der Waals surface area contributed by atoms with Gasteiger partial charge in [0.05, 0.1) is 0 Å². The summed E-state index contributed by atoms with van der Waals surface area (Å²) in [5.41, 5.74) is 0. The van der Waals surface area contributed by atoms with Crippen molar-refractivity contribution in [3.05, 3.63) is 0 Å². The molecule has 0 radical (unpaired) electrons. The third-order valence-electron chi connectivity index (χ3n) is 4.22. The first kappa shape index (κ1) is 16.1.